The predicted octanol–water partition coefficient (Wildman–Crippen LogP) is 3.46. The summed E-state index contributed by atoms with van der Waals surface area (Å²) in [5.74, 6) is -2.00. The molecule has 1 aliphatic heterocycles. The fourth-order valence-electron chi connectivity index (χ4n) is 5.16. The maximum atomic E-state index is 15.7. The van der Waals surface area contributed by atoms with E-state index in [1.165, 1.54) is 28.8 Å². The molecule has 4 aromatic rings. The third kappa shape index (κ3) is 4.53. The number of anilines is 1. The van der Waals surface area contributed by atoms with Gasteiger partial charge in [-0.15, -0.1) is 0 Å². The molecule has 2 atom stereocenters. The van der Waals surface area contributed by atoms with Crippen LogP contribution in [0.15, 0.2) is 54.0 Å². The second-order valence-corrected chi connectivity index (χ2v) is 9.63. The largest absolute Gasteiger partial charge is 0.507 e. The van der Waals surface area contributed by atoms with Crippen molar-refractivity contribution in [2.75, 3.05) is 24.5 Å². The van der Waals surface area contributed by atoms with Gasteiger partial charge in [0.2, 0.25) is 0 Å². The summed E-state index contributed by atoms with van der Waals surface area (Å²) in [5.41, 5.74) is 0.200. The van der Waals surface area contributed by atoms with Crippen LogP contribution in [0.5, 0.6) is 5.75 Å². The van der Waals surface area contributed by atoms with Crippen molar-refractivity contribution in [3.05, 3.63) is 82.6 Å². The highest BCUT2D eigenvalue weighted by Gasteiger charge is 2.31. The topological polar surface area (TPSA) is 108 Å². The number of aromatic nitrogens is 4. The number of phenols is 1. The number of halogens is 2. The van der Waals surface area contributed by atoms with Crippen LogP contribution >= 0.6 is 0 Å². The van der Waals surface area contributed by atoms with Gasteiger partial charge in [0.1, 0.15) is 29.3 Å². The number of benzene rings is 1. The number of rotatable bonds is 5. The highest BCUT2D eigenvalue weighted by Crippen LogP contribution is 2.36. The molecule has 4 heterocycles. The molecular weight excluding hydrogens is 506 g/mol. The molecule has 0 aliphatic carbocycles. The Kier molecular flexibility index (Phi) is 6.87. The summed E-state index contributed by atoms with van der Waals surface area (Å²) in [4.78, 5) is 30.5. The first-order valence-electron chi connectivity index (χ1n) is 12.5. The van der Waals surface area contributed by atoms with E-state index >= 15 is 4.39 Å². The van der Waals surface area contributed by atoms with Gasteiger partial charge >= 0.3 is 5.69 Å². The fourth-order valence-corrected chi connectivity index (χ4v) is 5.16. The van der Waals surface area contributed by atoms with E-state index in [9.17, 15) is 19.4 Å². The molecule has 202 valence electrons. The smallest absolute Gasteiger partial charge is 0.355 e. The standard InChI is InChI=1S/C28H28F2N6O3/c1-5-22(38)34-11-12-35(16(3)14-34)26-18-13-20(30)24(23-19(29)7-6-8-21(23)37)32-27(18)36(28(39)33-26)25-15(2)9-10-31-17(25)4/h5-10,13,16,22,37-38H,1,11-12,14H2,2-4H3/t16-,22?/m0/s1. The van der Waals surface area contributed by atoms with Crippen LogP contribution in [-0.2, 0) is 0 Å². The lowest BCUT2D eigenvalue weighted by atomic mass is 10.1. The van der Waals surface area contributed by atoms with Crippen molar-refractivity contribution in [1.82, 2.24) is 24.4 Å². The van der Waals surface area contributed by atoms with Crippen LogP contribution in [0, 0.1) is 25.5 Å². The van der Waals surface area contributed by atoms with Crippen LogP contribution in [0.3, 0.4) is 0 Å². The zero-order valence-electron chi connectivity index (χ0n) is 21.8. The lowest BCUT2D eigenvalue weighted by Crippen LogP contribution is -2.55. The zero-order chi connectivity index (χ0) is 28.0. The van der Waals surface area contributed by atoms with Gasteiger partial charge in [0, 0.05) is 31.9 Å². The van der Waals surface area contributed by atoms with E-state index in [-0.39, 0.29) is 22.9 Å². The number of hydrogen-bond acceptors (Lipinski definition) is 8. The van der Waals surface area contributed by atoms with E-state index in [0.717, 1.165) is 6.07 Å². The summed E-state index contributed by atoms with van der Waals surface area (Å²) >= 11 is 0. The van der Waals surface area contributed by atoms with Crippen LogP contribution < -0.4 is 10.6 Å². The molecule has 1 aliphatic rings. The SMILES string of the molecule is C=CC(O)N1CCN(c2nc(=O)n(-c3c(C)ccnc3C)c3nc(-c4c(O)cccc4F)c(F)cc23)[C@@H](C)C1. The van der Waals surface area contributed by atoms with Gasteiger partial charge in [0.15, 0.2) is 11.5 Å². The van der Waals surface area contributed by atoms with Crippen molar-refractivity contribution < 1.29 is 19.0 Å². The van der Waals surface area contributed by atoms with E-state index in [1.807, 2.05) is 16.7 Å². The molecule has 0 radical (unpaired) electrons. The quantitative estimate of drug-likeness (QED) is 0.375. The highest BCUT2D eigenvalue weighted by molar-refractivity contribution is 5.91. The Bertz CT molecular complexity index is 1620. The van der Waals surface area contributed by atoms with E-state index in [1.54, 1.807) is 26.1 Å². The number of aliphatic hydroxyl groups excluding tert-OH is 1. The fraction of sp³-hybridized carbons (Fsp3) is 0.286. The van der Waals surface area contributed by atoms with Gasteiger partial charge in [0.05, 0.1) is 22.3 Å². The highest BCUT2D eigenvalue weighted by atomic mass is 19.1. The molecule has 1 aromatic carbocycles. The Morgan fingerprint density at radius 2 is 1.92 bits per heavy atom. The van der Waals surface area contributed by atoms with E-state index in [2.05, 4.69) is 21.5 Å². The first-order chi connectivity index (χ1) is 18.6. The number of phenolic OH excluding ortho intramolecular Hbond substituents is 1. The van der Waals surface area contributed by atoms with Gasteiger partial charge in [-0.3, -0.25) is 9.88 Å². The maximum absolute atomic E-state index is 15.7. The molecule has 39 heavy (non-hydrogen) atoms. The molecule has 0 bridgehead atoms. The molecule has 1 fully saturated rings. The monoisotopic (exact) mass is 534 g/mol. The summed E-state index contributed by atoms with van der Waals surface area (Å²) in [6.45, 7) is 10.4. The summed E-state index contributed by atoms with van der Waals surface area (Å²) in [7, 11) is 0. The molecule has 1 unspecified atom stereocenters. The Balaban J connectivity index is 1.80. The number of piperazine rings is 1. The minimum Gasteiger partial charge on any atom is -0.507 e. The lowest BCUT2D eigenvalue weighted by molar-refractivity contribution is 0.0296. The summed E-state index contributed by atoms with van der Waals surface area (Å²) < 4.78 is 31.7. The number of pyridine rings is 2. The van der Waals surface area contributed by atoms with Crippen LogP contribution in [0.1, 0.15) is 18.2 Å². The van der Waals surface area contributed by atoms with Crippen LogP contribution in [0.25, 0.3) is 28.0 Å². The second kappa shape index (κ2) is 10.2. The molecule has 5 rings (SSSR count). The van der Waals surface area contributed by atoms with Crippen LogP contribution in [0.2, 0.25) is 0 Å². The van der Waals surface area contributed by atoms with Gasteiger partial charge in [-0.1, -0.05) is 12.6 Å². The first kappa shape index (κ1) is 26.4. The number of nitrogens with zero attached hydrogens (tertiary/aromatic N) is 6. The number of aromatic hydroxyl groups is 1. The molecule has 0 amide bonds. The van der Waals surface area contributed by atoms with Gasteiger partial charge in [0.25, 0.3) is 0 Å². The Morgan fingerprint density at radius 3 is 2.59 bits per heavy atom. The van der Waals surface area contributed by atoms with Crippen molar-refractivity contribution in [2.45, 2.75) is 33.0 Å². The van der Waals surface area contributed by atoms with Gasteiger partial charge < -0.3 is 15.1 Å². The predicted molar refractivity (Wildman–Crippen MR) is 144 cm³/mol. The summed E-state index contributed by atoms with van der Waals surface area (Å²) in [5, 5.41) is 20.8. The van der Waals surface area contributed by atoms with E-state index in [0.29, 0.717) is 36.6 Å². The number of aliphatic hydroxyl groups is 1. The van der Waals surface area contributed by atoms with E-state index < -0.39 is 40.6 Å². The van der Waals surface area contributed by atoms with Crippen molar-refractivity contribution in [3.8, 4) is 22.7 Å². The molecule has 9 nitrogen and oxygen atoms in total. The average Bonchev–Trinajstić information content (AvgIpc) is 2.89. The summed E-state index contributed by atoms with van der Waals surface area (Å²) in [6, 6.07) is 6.33. The minimum atomic E-state index is -0.885. The molecule has 0 saturated carbocycles. The van der Waals surface area contributed by atoms with Gasteiger partial charge in [-0.25, -0.2) is 23.1 Å². The van der Waals surface area contributed by atoms with Crippen molar-refractivity contribution in [2.24, 2.45) is 0 Å². The Labute approximate surface area is 223 Å². The number of aryl methyl sites for hydroxylation is 2. The Hall–Kier alpha value is -4.22. The molecule has 0 spiro atoms. The summed E-state index contributed by atoms with van der Waals surface area (Å²) in [6.07, 6.45) is 2.23. The molecule has 3 aromatic heterocycles. The third-order valence-electron chi connectivity index (χ3n) is 7.08. The number of hydrogen-bond donors (Lipinski definition) is 2. The first-order valence-corrected chi connectivity index (χ1v) is 12.5. The van der Waals surface area contributed by atoms with E-state index in [4.69, 9.17) is 0 Å². The second-order valence-electron chi connectivity index (χ2n) is 9.63. The lowest BCUT2D eigenvalue weighted by Gasteiger charge is -2.42. The van der Waals surface area contributed by atoms with Crippen LogP contribution in [0.4, 0.5) is 14.6 Å². The van der Waals surface area contributed by atoms with Crippen molar-refractivity contribution >= 4 is 16.9 Å². The molecule has 2 N–H and O–H groups in total. The normalized spacial score (nSPS) is 17.0. The maximum Gasteiger partial charge on any atom is 0.355 e. The van der Waals surface area contributed by atoms with Gasteiger partial charge in [-0.05, 0) is 56.7 Å². The number of fused-ring (bicyclic) bond motifs is 1. The van der Waals surface area contributed by atoms with Crippen LogP contribution in [-0.4, -0.2) is 66.5 Å². The Morgan fingerprint density at radius 1 is 1.15 bits per heavy atom. The van der Waals surface area contributed by atoms with Crippen molar-refractivity contribution in [3.63, 3.8) is 0 Å². The minimum absolute atomic E-state index is 0.0454. The average molecular weight is 535 g/mol. The van der Waals surface area contributed by atoms with Gasteiger partial charge in [-0.2, -0.15) is 4.98 Å². The molecule has 11 heteroatoms. The third-order valence-corrected chi connectivity index (χ3v) is 7.08. The zero-order valence-corrected chi connectivity index (χ0v) is 21.8. The van der Waals surface area contributed by atoms with Crippen molar-refractivity contribution in [1.29, 1.82) is 0 Å². The molecule has 1 saturated heterocycles. The molecular formula is C28H28F2N6O3.